The first kappa shape index (κ1) is 9.86. The van der Waals surface area contributed by atoms with E-state index in [1.54, 1.807) is 0 Å². The number of fused-ring (bicyclic) bond motifs is 2. The van der Waals surface area contributed by atoms with Gasteiger partial charge in [-0.1, -0.05) is 42.5 Å². The molecule has 0 saturated heterocycles. The third-order valence-electron chi connectivity index (χ3n) is 3.05. The van der Waals surface area contributed by atoms with Crippen LogP contribution in [0.25, 0.3) is 21.5 Å². The quantitative estimate of drug-likeness (QED) is 0.564. The van der Waals surface area contributed by atoms with E-state index in [4.69, 9.17) is 5.26 Å². The smallest absolute Gasteiger partial charge is 0.0669 e. The van der Waals surface area contributed by atoms with Crippen LogP contribution in [0.5, 0.6) is 0 Å². The highest BCUT2D eigenvalue weighted by Crippen LogP contribution is 2.23. The zero-order valence-electron chi connectivity index (χ0n) is 9.35. The third kappa shape index (κ3) is 1.74. The number of nitriles is 1. The van der Waals surface area contributed by atoms with Gasteiger partial charge in [0.15, 0.2) is 0 Å². The Bertz CT molecular complexity index is 735. The minimum Gasteiger partial charge on any atom is -0.198 e. The second kappa shape index (κ2) is 3.92. The predicted octanol–water partition coefficient (Wildman–Crippen LogP) is 4.06. The van der Waals surface area contributed by atoms with Crippen LogP contribution in [0.15, 0.2) is 54.6 Å². The average Bonchev–Trinajstić information content (AvgIpc) is 2.36. The maximum atomic E-state index is 8.71. The Morgan fingerprint density at radius 1 is 0.765 bits per heavy atom. The fourth-order valence-electron chi connectivity index (χ4n) is 2.19. The zero-order chi connectivity index (χ0) is 11.7. The Morgan fingerprint density at radius 2 is 1.41 bits per heavy atom. The van der Waals surface area contributed by atoms with Crippen LogP contribution in [0.1, 0.15) is 5.56 Å². The summed E-state index contributed by atoms with van der Waals surface area (Å²) in [6, 6.07) is 21.1. The second-order valence-corrected chi connectivity index (χ2v) is 4.22. The van der Waals surface area contributed by atoms with Crippen molar-refractivity contribution in [2.24, 2.45) is 0 Å². The van der Waals surface area contributed by atoms with E-state index in [1.807, 2.05) is 12.1 Å². The van der Waals surface area contributed by atoms with Crippen molar-refractivity contribution < 1.29 is 0 Å². The molecule has 0 heterocycles. The fourth-order valence-corrected chi connectivity index (χ4v) is 2.19. The van der Waals surface area contributed by atoms with Gasteiger partial charge in [-0.3, -0.25) is 0 Å². The molecule has 0 amide bonds. The Balaban J connectivity index is 2.29. The molecule has 3 aromatic rings. The normalized spacial score (nSPS) is 10.5. The van der Waals surface area contributed by atoms with Crippen LogP contribution in [-0.2, 0) is 6.42 Å². The maximum absolute atomic E-state index is 8.71. The van der Waals surface area contributed by atoms with Gasteiger partial charge in [0, 0.05) is 0 Å². The number of hydrogen-bond donors (Lipinski definition) is 0. The molecule has 17 heavy (non-hydrogen) atoms. The SMILES string of the molecule is N#CCc1ccc2cc3ccccc3cc2c1. The first-order valence-corrected chi connectivity index (χ1v) is 5.65. The molecule has 3 aromatic carbocycles. The van der Waals surface area contributed by atoms with E-state index in [0.717, 1.165) is 5.56 Å². The lowest BCUT2D eigenvalue weighted by molar-refractivity contribution is 1.27. The van der Waals surface area contributed by atoms with Crippen molar-refractivity contribution in [3.05, 3.63) is 60.2 Å². The molecular formula is C16H11N. The Hall–Kier alpha value is -2.33. The zero-order valence-corrected chi connectivity index (χ0v) is 9.35. The van der Waals surface area contributed by atoms with Gasteiger partial charge < -0.3 is 0 Å². The van der Waals surface area contributed by atoms with E-state index in [-0.39, 0.29) is 0 Å². The molecule has 0 bridgehead atoms. The van der Waals surface area contributed by atoms with Crippen LogP contribution in [0.2, 0.25) is 0 Å². The van der Waals surface area contributed by atoms with E-state index in [1.165, 1.54) is 21.5 Å². The molecule has 0 aliphatic carbocycles. The average molecular weight is 217 g/mol. The van der Waals surface area contributed by atoms with Gasteiger partial charge in [-0.2, -0.15) is 5.26 Å². The molecule has 0 spiro atoms. The van der Waals surface area contributed by atoms with Crippen molar-refractivity contribution in [1.82, 2.24) is 0 Å². The van der Waals surface area contributed by atoms with Crippen molar-refractivity contribution in [1.29, 1.82) is 5.26 Å². The lowest BCUT2D eigenvalue weighted by Gasteiger charge is -2.03. The van der Waals surface area contributed by atoms with Gasteiger partial charge in [-0.25, -0.2) is 0 Å². The molecule has 0 unspecified atom stereocenters. The van der Waals surface area contributed by atoms with Crippen LogP contribution >= 0.6 is 0 Å². The van der Waals surface area contributed by atoms with Crippen molar-refractivity contribution in [3.63, 3.8) is 0 Å². The summed E-state index contributed by atoms with van der Waals surface area (Å²) in [6.45, 7) is 0. The highest BCUT2D eigenvalue weighted by atomic mass is 14.2. The summed E-state index contributed by atoms with van der Waals surface area (Å²) in [5, 5.41) is 13.6. The number of benzene rings is 3. The molecular weight excluding hydrogens is 206 g/mol. The molecule has 0 aromatic heterocycles. The molecule has 3 rings (SSSR count). The second-order valence-electron chi connectivity index (χ2n) is 4.22. The monoisotopic (exact) mass is 217 g/mol. The van der Waals surface area contributed by atoms with Crippen molar-refractivity contribution in [2.75, 3.05) is 0 Å². The lowest BCUT2D eigenvalue weighted by Crippen LogP contribution is -1.82. The van der Waals surface area contributed by atoms with Crippen LogP contribution in [-0.4, -0.2) is 0 Å². The summed E-state index contributed by atoms with van der Waals surface area (Å²) in [7, 11) is 0. The molecule has 1 heteroatoms. The fraction of sp³-hybridized carbons (Fsp3) is 0.0625. The van der Waals surface area contributed by atoms with E-state index in [2.05, 4.69) is 48.5 Å². The molecule has 0 N–H and O–H groups in total. The Kier molecular flexibility index (Phi) is 2.27. The van der Waals surface area contributed by atoms with E-state index in [9.17, 15) is 0 Å². The predicted molar refractivity (Wildman–Crippen MR) is 70.8 cm³/mol. The standard InChI is InChI=1S/C16H11N/c17-8-7-12-5-6-15-10-13-3-1-2-4-14(13)11-16(15)9-12/h1-6,9-11H,7H2. The van der Waals surface area contributed by atoms with Gasteiger partial charge in [0.05, 0.1) is 12.5 Å². The molecule has 80 valence electrons. The number of nitrogens with zero attached hydrogens (tertiary/aromatic N) is 1. The third-order valence-corrected chi connectivity index (χ3v) is 3.05. The topological polar surface area (TPSA) is 23.8 Å². The minimum atomic E-state index is 0.475. The van der Waals surface area contributed by atoms with E-state index < -0.39 is 0 Å². The van der Waals surface area contributed by atoms with Crippen LogP contribution in [0, 0.1) is 11.3 Å². The van der Waals surface area contributed by atoms with Gasteiger partial charge in [-0.15, -0.1) is 0 Å². The van der Waals surface area contributed by atoms with Crippen molar-refractivity contribution >= 4 is 21.5 Å². The maximum Gasteiger partial charge on any atom is 0.0669 e. The highest BCUT2D eigenvalue weighted by Gasteiger charge is 1.99. The molecule has 0 fully saturated rings. The first-order valence-electron chi connectivity index (χ1n) is 5.65. The van der Waals surface area contributed by atoms with Crippen molar-refractivity contribution in [2.45, 2.75) is 6.42 Å². The van der Waals surface area contributed by atoms with Crippen LogP contribution in [0.4, 0.5) is 0 Å². The van der Waals surface area contributed by atoms with Gasteiger partial charge in [0.1, 0.15) is 0 Å². The molecule has 0 aliphatic rings. The summed E-state index contributed by atoms with van der Waals surface area (Å²) < 4.78 is 0. The summed E-state index contributed by atoms with van der Waals surface area (Å²) in [5.74, 6) is 0. The van der Waals surface area contributed by atoms with E-state index >= 15 is 0 Å². The van der Waals surface area contributed by atoms with E-state index in [0.29, 0.717) is 6.42 Å². The molecule has 0 saturated carbocycles. The summed E-state index contributed by atoms with van der Waals surface area (Å²) in [5.41, 5.74) is 1.08. The Labute approximate surface area is 99.9 Å². The van der Waals surface area contributed by atoms with Crippen molar-refractivity contribution in [3.8, 4) is 6.07 Å². The van der Waals surface area contributed by atoms with Crippen LogP contribution in [0.3, 0.4) is 0 Å². The summed E-state index contributed by atoms with van der Waals surface area (Å²) in [6.07, 6.45) is 0.475. The highest BCUT2D eigenvalue weighted by molar-refractivity contribution is 5.98. The minimum absolute atomic E-state index is 0.475. The number of rotatable bonds is 1. The molecule has 0 radical (unpaired) electrons. The van der Waals surface area contributed by atoms with Gasteiger partial charge in [0.2, 0.25) is 0 Å². The van der Waals surface area contributed by atoms with Gasteiger partial charge in [-0.05, 0) is 39.2 Å². The largest absolute Gasteiger partial charge is 0.198 e. The first-order chi connectivity index (χ1) is 8.36. The van der Waals surface area contributed by atoms with Crippen LogP contribution < -0.4 is 0 Å². The van der Waals surface area contributed by atoms with Gasteiger partial charge >= 0.3 is 0 Å². The molecule has 0 aliphatic heterocycles. The number of hydrogen-bond acceptors (Lipinski definition) is 1. The molecule has 0 atom stereocenters. The Morgan fingerprint density at radius 3 is 2.12 bits per heavy atom. The lowest BCUT2D eigenvalue weighted by atomic mass is 10.0. The molecule has 1 nitrogen and oxygen atoms in total. The van der Waals surface area contributed by atoms with Gasteiger partial charge in [0.25, 0.3) is 0 Å². The summed E-state index contributed by atoms with van der Waals surface area (Å²) >= 11 is 0. The summed E-state index contributed by atoms with van der Waals surface area (Å²) in [4.78, 5) is 0.